The molecule has 0 unspecified atom stereocenters. The number of nitrogens with one attached hydrogen (secondary N) is 3. The van der Waals surface area contributed by atoms with Gasteiger partial charge in [0.1, 0.15) is 11.6 Å². The minimum absolute atomic E-state index is 0.156. The van der Waals surface area contributed by atoms with Gasteiger partial charge in [0, 0.05) is 30.0 Å². The molecule has 2 aromatic heterocycles. The van der Waals surface area contributed by atoms with Crippen LogP contribution in [0, 0.1) is 19.7 Å². The average Bonchev–Trinajstić information content (AvgIpc) is 3.14. The Bertz CT molecular complexity index is 976. The van der Waals surface area contributed by atoms with Crippen LogP contribution in [0.15, 0.2) is 12.3 Å². The highest BCUT2D eigenvalue weighted by molar-refractivity contribution is 6.34. The number of aromatic nitrogens is 2. The Labute approximate surface area is 169 Å². The molecule has 2 amide bonds. The Kier molecular flexibility index (Phi) is 6.12. The largest absolute Gasteiger partial charge is 0.358 e. The van der Waals surface area contributed by atoms with Crippen molar-refractivity contribution in [3.05, 3.63) is 46.2 Å². The first kappa shape index (κ1) is 20.7. The number of amides is 2. The lowest BCUT2D eigenvalue weighted by Crippen LogP contribution is -2.35. The molecular formula is C21H26FN5O2. The smallest absolute Gasteiger partial charge is 0.257 e. The van der Waals surface area contributed by atoms with E-state index in [2.05, 4.69) is 39.3 Å². The number of aryl methyl sites for hydroxylation is 1. The highest BCUT2D eigenvalue weighted by Crippen LogP contribution is 2.32. The number of carbonyl (C=O) groups excluding carboxylic acids is 2. The van der Waals surface area contributed by atoms with E-state index in [0.717, 1.165) is 31.4 Å². The quantitative estimate of drug-likeness (QED) is 0.625. The van der Waals surface area contributed by atoms with E-state index < -0.39 is 5.82 Å². The van der Waals surface area contributed by atoms with Crippen molar-refractivity contribution < 1.29 is 14.0 Å². The van der Waals surface area contributed by atoms with E-state index in [4.69, 9.17) is 0 Å². The highest BCUT2D eigenvalue weighted by Gasteiger charge is 2.27. The number of H-pyrrole nitrogens is 1. The summed E-state index contributed by atoms with van der Waals surface area (Å²) in [4.78, 5) is 34.3. The minimum atomic E-state index is -0.515. The second kappa shape index (κ2) is 8.57. The van der Waals surface area contributed by atoms with Gasteiger partial charge in [0.05, 0.1) is 17.3 Å². The lowest BCUT2D eigenvalue weighted by atomic mass is 10.0. The van der Waals surface area contributed by atoms with Gasteiger partial charge in [-0.05, 0) is 44.6 Å². The van der Waals surface area contributed by atoms with Crippen molar-refractivity contribution in [2.75, 3.05) is 31.5 Å². The van der Waals surface area contributed by atoms with Crippen LogP contribution in [0.25, 0.3) is 11.6 Å². The fourth-order valence-electron chi connectivity index (χ4n) is 3.54. The number of pyridine rings is 1. The molecule has 0 aromatic carbocycles. The molecule has 8 heteroatoms. The summed E-state index contributed by atoms with van der Waals surface area (Å²) in [6.45, 7) is 11.0. The zero-order chi connectivity index (χ0) is 21.1. The maximum atomic E-state index is 13.6. The molecule has 154 valence electrons. The first-order valence-electron chi connectivity index (χ1n) is 9.74. The van der Waals surface area contributed by atoms with Crippen LogP contribution in [0.1, 0.15) is 46.7 Å². The fourth-order valence-corrected chi connectivity index (χ4v) is 3.54. The highest BCUT2D eigenvalue weighted by atomic mass is 19.1. The van der Waals surface area contributed by atoms with Crippen LogP contribution < -0.4 is 10.6 Å². The summed E-state index contributed by atoms with van der Waals surface area (Å²) in [5, 5.41) is 5.58. The van der Waals surface area contributed by atoms with Crippen molar-refractivity contribution in [2.24, 2.45) is 0 Å². The number of fused-ring (bicyclic) bond motifs is 1. The van der Waals surface area contributed by atoms with Crippen molar-refractivity contribution in [3.63, 3.8) is 0 Å². The van der Waals surface area contributed by atoms with Gasteiger partial charge in [0.15, 0.2) is 0 Å². The standard InChI is InChI=1S/C21H26FN5O2/c1-5-27(6-2)8-7-23-21(29)18-12(3)17(25-13(18)4)10-16-15-9-14(22)11-24-19(15)26-20(16)28/h9-11,25H,5-8H2,1-4H3,(H,23,29)(H,24,26,28)/b16-10-. The molecular weight excluding hydrogens is 373 g/mol. The number of likely N-dealkylation sites (N-methyl/N-ethyl adjacent to an activating group) is 1. The van der Waals surface area contributed by atoms with E-state index in [1.54, 1.807) is 6.08 Å². The van der Waals surface area contributed by atoms with Crippen LogP contribution in [-0.4, -0.2) is 52.9 Å². The number of rotatable bonds is 7. The van der Waals surface area contributed by atoms with Crippen molar-refractivity contribution in [1.29, 1.82) is 0 Å². The molecule has 7 nitrogen and oxygen atoms in total. The Morgan fingerprint density at radius 2 is 2.03 bits per heavy atom. The summed E-state index contributed by atoms with van der Waals surface area (Å²) in [6, 6.07) is 1.28. The third-order valence-electron chi connectivity index (χ3n) is 5.22. The molecule has 29 heavy (non-hydrogen) atoms. The number of hydrogen-bond donors (Lipinski definition) is 3. The molecule has 0 aliphatic carbocycles. The lowest BCUT2D eigenvalue weighted by Gasteiger charge is -2.18. The lowest BCUT2D eigenvalue weighted by molar-refractivity contribution is -0.110. The van der Waals surface area contributed by atoms with Gasteiger partial charge in [-0.2, -0.15) is 0 Å². The molecule has 0 spiro atoms. The van der Waals surface area contributed by atoms with Crippen molar-refractivity contribution in [3.8, 4) is 0 Å². The van der Waals surface area contributed by atoms with Gasteiger partial charge in [-0.3, -0.25) is 9.59 Å². The molecule has 1 aliphatic heterocycles. The molecule has 3 rings (SSSR count). The van der Waals surface area contributed by atoms with Crippen molar-refractivity contribution in [1.82, 2.24) is 20.2 Å². The third-order valence-corrected chi connectivity index (χ3v) is 5.22. The molecule has 3 N–H and O–H groups in total. The predicted octanol–water partition coefficient (Wildman–Crippen LogP) is 2.73. The van der Waals surface area contributed by atoms with Gasteiger partial charge in [0.2, 0.25) is 0 Å². The molecule has 2 aromatic rings. The maximum Gasteiger partial charge on any atom is 0.257 e. The summed E-state index contributed by atoms with van der Waals surface area (Å²) < 4.78 is 13.6. The number of carbonyl (C=O) groups is 2. The molecule has 3 heterocycles. The minimum Gasteiger partial charge on any atom is -0.358 e. The summed E-state index contributed by atoms with van der Waals surface area (Å²) in [5.74, 6) is -0.691. The second-order valence-corrected chi connectivity index (χ2v) is 7.01. The van der Waals surface area contributed by atoms with Crippen molar-refractivity contribution >= 4 is 29.3 Å². The monoisotopic (exact) mass is 399 g/mol. The summed E-state index contributed by atoms with van der Waals surface area (Å²) in [7, 11) is 0. The van der Waals surface area contributed by atoms with Gasteiger partial charge in [-0.1, -0.05) is 13.8 Å². The molecule has 0 fully saturated rings. The van der Waals surface area contributed by atoms with Crippen molar-refractivity contribution in [2.45, 2.75) is 27.7 Å². The normalized spacial score (nSPS) is 14.4. The van der Waals surface area contributed by atoms with Gasteiger partial charge < -0.3 is 20.5 Å². The van der Waals surface area contributed by atoms with Gasteiger partial charge in [-0.25, -0.2) is 9.37 Å². The molecule has 0 atom stereocenters. The van der Waals surface area contributed by atoms with Crippen LogP contribution in [0.4, 0.5) is 10.2 Å². The first-order chi connectivity index (χ1) is 13.8. The molecule has 0 bridgehead atoms. The Morgan fingerprint density at radius 3 is 2.72 bits per heavy atom. The Hall–Kier alpha value is -3.00. The number of hydrogen-bond acceptors (Lipinski definition) is 4. The van der Waals surface area contributed by atoms with Crippen LogP contribution in [-0.2, 0) is 4.79 Å². The Balaban J connectivity index is 1.83. The average molecular weight is 399 g/mol. The van der Waals surface area contributed by atoms with Crippen LogP contribution in [0.3, 0.4) is 0 Å². The second-order valence-electron chi connectivity index (χ2n) is 7.01. The van der Waals surface area contributed by atoms with E-state index in [0.29, 0.717) is 40.5 Å². The number of halogens is 1. The molecule has 1 aliphatic rings. The van der Waals surface area contributed by atoms with Crippen LogP contribution >= 0.6 is 0 Å². The van der Waals surface area contributed by atoms with Gasteiger partial charge in [-0.15, -0.1) is 0 Å². The van der Waals surface area contributed by atoms with Gasteiger partial charge >= 0.3 is 0 Å². The summed E-state index contributed by atoms with van der Waals surface area (Å²) >= 11 is 0. The predicted molar refractivity (Wildman–Crippen MR) is 111 cm³/mol. The number of anilines is 1. The molecule has 0 saturated carbocycles. The first-order valence-corrected chi connectivity index (χ1v) is 9.74. The summed E-state index contributed by atoms with van der Waals surface area (Å²) in [5.41, 5.74) is 3.37. The maximum absolute atomic E-state index is 13.6. The van der Waals surface area contributed by atoms with Gasteiger partial charge in [0.25, 0.3) is 11.8 Å². The van der Waals surface area contributed by atoms with Crippen LogP contribution in [0.2, 0.25) is 0 Å². The zero-order valence-corrected chi connectivity index (χ0v) is 17.1. The van der Waals surface area contributed by atoms with E-state index in [9.17, 15) is 14.0 Å². The Morgan fingerprint density at radius 1 is 1.31 bits per heavy atom. The fraction of sp³-hybridized carbons (Fsp3) is 0.381. The third kappa shape index (κ3) is 4.22. The summed E-state index contributed by atoms with van der Waals surface area (Å²) in [6.07, 6.45) is 2.70. The SMILES string of the molecule is CCN(CC)CCNC(=O)c1c(C)[nH]c(/C=C2\C(=O)Nc3ncc(F)cc32)c1C. The van der Waals surface area contributed by atoms with Crippen LogP contribution in [0.5, 0.6) is 0 Å². The molecule has 0 saturated heterocycles. The van der Waals surface area contributed by atoms with E-state index in [1.165, 1.54) is 6.07 Å². The van der Waals surface area contributed by atoms with E-state index in [-0.39, 0.29) is 11.8 Å². The number of aromatic amines is 1. The topological polar surface area (TPSA) is 90.1 Å². The molecule has 0 radical (unpaired) electrons. The van der Waals surface area contributed by atoms with E-state index >= 15 is 0 Å². The zero-order valence-electron chi connectivity index (χ0n) is 17.1. The number of nitrogens with zero attached hydrogens (tertiary/aromatic N) is 2. The van der Waals surface area contributed by atoms with E-state index in [1.807, 2.05) is 13.8 Å².